The van der Waals surface area contributed by atoms with Gasteiger partial charge in [0.1, 0.15) is 0 Å². The maximum atomic E-state index is 5.79. The van der Waals surface area contributed by atoms with Crippen LogP contribution in [-0.2, 0) is 4.74 Å². The van der Waals surface area contributed by atoms with E-state index >= 15 is 0 Å². The van der Waals surface area contributed by atoms with Gasteiger partial charge >= 0.3 is 0 Å². The van der Waals surface area contributed by atoms with Gasteiger partial charge in [0, 0.05) is 13.2 Å². The molecule has 5 nitrogen and oxygen atoms in total. The van der Waals surface area contributed by atoms with E-state index in [1.807, 2.05) is 13.8 Å². The topological polar surface area (TPSA) is 69.4 Å². The smallest absolute Gasteiger partial charge is 0.197 e. The fourth-order valence-electron chi connectivity index (χ4n) is 1.97. The zero-order chi connectivity index (χ0) is 13.0. The normalized spacial score (nSPS) is 19.4. The average molecular weight is 271 g/mol. The molecular formula is C12H21N3O2S. The minimum absolute atomic E-state index is 0.0995. The molecule has 1 aliphatic heterocycles. The summed E-state index contributed by atoms with van der Waals surface area (Å²) >= 11 is 1.35. The molecule has 0 saturated carbocycles. The Morgan fingerprint density at radius 2 is 2.44 bits per heavy atom. The monoisotopic (exact) mass is 271 g/mol. The highest BCUT2D eigenvalue weighted by molar-refractivity contribution is 7.11. The number of nitrogen functional groups attached to an aromatic ring is 1. The quantitative estimate of drug-likeness (QED) is 0.832. The van der Waals surface area contributed by atoms with E-state index in [1.165, 1.54) is 24.4 Å². The van der Waals surface area contributed by atoms with E-state index in [0.29, 0.717) is 17.7 Å². The number of anilines is 2. The first-order chi connectivity index (χ1) is 8.66. The first-order valence-electron chi connectivity index (χ1n) is 6.44. The lowest BCUT2D eigenvalue weighted by Crippen LogP contribution is -2.13. The van der Waals surface area contributed by atoms with Crippen molar-refractivity contribution in [2.24, 2.45) is 0 Å². The highest BCUT2D eigenvalue weighted by Crippen LogP contribution is 2.35. The standard InChI is InChI=1S/C12H21N3O2S/c1-8(2)17-10-11(13)15-18-12(10)14-6-5-9-4-3-7-16-9/h8-9,14H,3-7H2,1-2H3,(H2,13,15). The van der Waals surface area contributed by atoms with Gasteiger partial charge in [0.05, 0.1) is 12.2 Å². The van der Waals surface area contributed by atoms with Crippen LogP contribution in [0.2, 0.25) is 0 Å². The predicted octanol–water partition coefficient (Wildman–Crippen LogP) is 2.49. The summed E-state index contributed by atoms with van der Waals surface area (Å²) in [6.07, 6.45) is 3.86. The van der Waals surface area contributed by atoms with Gasteiger partial charge in [-0.1, -0.05) is 0 Å². The van der Waals surface area contributed by atoms with Crippen LogP contribution in [0.4, 0.5) is 10.8 Å². The number of hydrogen-bond acceptors (Lipinski definition) is 6. The van der Waals surface area contributed by atoms with Gasteiger partial charge in [0.25, 0.3) is 0 Å². The van der Waals surface area contributed by atoms with Gasteiger partial charge in [-0.2, -0.15) is 4.37 Å². The zero-order valence-electron chi connectivity index (χ0n) is 10.9. The van der Waals surface area contributed by atoms with Gasteiger partial charge in [0.2, 0.25) is 0 Å². The van der Waals surface area contributed by atoms with Gasteiger partial charge in [-0.15, -0.1) is 0 Å². The third-order valence-electron chi connectivity index (χ3n) is 2.80. The lowest BCUT2D eigenvalue weighted by molar-refractivity contribution is 0.107. The van der Waals surface area contributed by atoms with Gasteiger partial charge in [-0.3, -0.25) is 0 Å². The maximum absolute atomic E-state index is 5.79. The SMILES string of the molecule is CC(C)Oc1c(N)nsc1NCCC1CCCO1. The van der Waals surface area contributed by atoms with Crippen LogP contribution in [0.25, 0.3) is 0 Å². The summed E-state index contributed by atoms with van der Waals surface area (Å²) in [4.78, 5) is 0. The van der Waals surface area contributed by atoms with Crippen molar-refractivity contribution < 1.29 is 9.47 Å². The molecule has 0 spiro atoms. The van der Waals surface area contributed by atoms with Crippen LogP contribution >= 0.6 is 11.5 Å². The van der Waals surface area contributed by atoms with E-state index < -0.39 is 0 Å². The lowest BCUT2D eigenvalue weighted by Gasteiger charge is -2.13. The maximum Gasteiger partial charge on any atom is 0.197 e. The van der Waals surface area contributed by atoms with E-state index in [0.717, 1.165) is 24.6 Å². The molecule has 1 aromatic rings. The van der Waals surface area contributed by atoms with Crippen molar-refractivity contribution in [1.29, 1.82) is 0 Å². The minimum atomic E-state index is 0.0995. The Morgan fingerprint density at radius 1 is 1.61 bits per heavy atom. The molecule has 0 bridgehead atoms. The van der Waals surface area contributed by atoms with E-state index in [-0.39, 0.29) is 6.10 Å². The summed E-state index contributed by atoms with van der Waals surface area (Å²) in [6.45, 7) is 5.72. The number of nitrogens with zero attached hydrogens (tertiary/aromatic N) is 1. The van der Waals surface area contributed by atoms with Crippen molar-refractivity contribution in [3.8, 4) is 5.75 Å². The number of nitrogens with one attached hydrogen (secondary N) is 1. The average Bonchev–Trinajstić information content (AvgIpc) is 2.93. The molecule has 6 heteroatoms. The van der Waals surface area contributed by atoms with Gasteiger partial charge in [-0.05, 0) is 44.6 Å². The molecule has 1 saturated heterocycles. The molecule has 102 valence electrons. The van der Waals surface area contributed by atoms with E-state index in [1.54, 1.807) is 0 Å². The van der Waals surface area contributed by atoms with Crippen LogP contribution in [-0.4, -0.2) is 29.7 Å². The Morgan fingerprint density at radius 3 is 3.11 bits per heavy atom. The Labute approximate surface area is 112 Å². The Balaban J connectivity index is 1.84. The molecule has 2 heterocycles. The van der Waals surface area contributed by atoms with Crippen molar-refractivity contribution in [3.63, 3.8) is 0 Å². The molecule has 0 aromatic carbocycles. The second-order valence-electron chi connectivity index (χ2n) is 4.74. The van der Waals surface area contributed by atoms with Crippen molar-refractivity contribution >= 4 is 22.4 Å². The minimum Gasteiger partial charge on any atom is -0.484 e. The summed E-state index contributed by atoms with van der Waals surface area (Å²) in [7, 11) is 0. The molecule has 18 heavy (non-hydrogen) atoms. The fraction of sp³-hybridized carbons (Fsp3) is 0.750. The van der Waals surface area contributed by atoms with Crippen molar-refractivity contribution in [2.45, 2.75) is 45.3 Å². The number of aromatic nitrogens is 1. The van der Waals surface area contributed by atoms with Gasteiger partial charge in [-0.25, -0.2) is 0 Å². The van der Waals surface area contributed by atoms with Crippen LogP contribution in [0.3, 0.4) is 0 Å². The van der Waals surface area contributed by atoms with Crippen molar-refractivity contribution in [2.75, 3.05) is 24.2 Å². The summed E-state index contributed by atoms with van der Waals surface area (Å²) in [5, 5.41) is 4.25. The van der Waals surface area contributed by atoms with Crippen LogP contribution in [0.15, 0.2) is 0 Å². The molecule has 2 rings (SSSR count). The highest BCUT2D eigenvalue weighted by atomic mass is 32.1. The van der Waals surface area contributed by atoms with Crippen LogP contribution in [0.5, 0.6) is 5.75 Å². The van der Waals surface area contributed by atoms with Gasteiger partial charge in [0.15, 0.2) is 16.6 Å². The summed E-state index contributed by atoms with van der Waals surface area (Å²) in [6, 6.07) is 0. The number of ether oxygens (including phenoxy) is 2. The van der Waals surface area contributed by atoms with Crippen LogP contribution in [0.1, 0.15) is 33.1 Å². The number of hydrogen-bond donors (Lipinski definition) is 2. The molecule has 3 N–H and O–H groups in total. The zero-order valence-corrected chi connectivity index (χ0v) is 11.8. The highest BCUT2D eigenvalue weighted by Gasteiger charge is 2.17. The molecule has 1 fully saturated rings. The molecule has 1 aliphatic rings. The Kier molecular flexibility index (Phi) is 4.66. The summed E-state index contributed by atoms with van der Waals surface area (Å²) < 4.78 is 15.4. The fourth-order valence-corrected chi connectivity index (χ4v) is 2.65. The number of nitrogens with two attached hydrogens (primary N) is 1. The largest absolute Gasteiger partial charge is 0.484 e. The Bertz CT molecular complexity index is 375. The molecule has 1 aromatic heterocycles. The number of rotatable bonds is 6. The van der Waals surface area contributed by atoms with E-state index in [4.69, 9.17) is 15.2 Å². The van der Waals surface area contributed by atoms with Crippen molar-refractivity contribution in [3.05, 3.63) is 0 Å². The second kappa shape index (κ2) is 6.24. The Hall–Kier alpha value is -1.01. The van der Waals surface area contributed by atoms with Crippen LogP contribution in [0, 0.1) is 0 Å². The van der Waals surface area contributed by atoms with Gasteiger partial charge < -0.3 is 20.5 Å². The molecule has 1 unspecified atom stereocenters. The molecule has 0 radical (unpaired) electrons. The first-order valence-corrected chi connectivity index (χ1v) is 7.21. The second-order valence-corrected chi connectivity index (χ2v) is 5.52. The molecule has 0 aliphatic carbocycles. The predicted molar refractivity (Wildman–Crippen MR) is 74.4 cm³/mol. The first kappa shape index (κ1) is 13.4. The molecule has 1 atom stereocenters. The third-order valence-corrected chi connectivity index (χ3v) is 3.60. The summed E-state index contributed by atoms with van der Waals surface area (Å²) in [5.41, 5.74) is 5.79. The lowest BCUT2D eigenvalue weighted by atomic mass is 10.2. The van der Waals surface area contributed by atoms with E-state index in [2.05, 4.69) is 9.69 Å². The molecular weight excluding hydrogens is 250 g/mol. The van der Waals surface area contributed by atoms with E-state index in [9.17, 15) is 0 Å². The van der Waals surface area contributed by atoms with Crippen molar-refractivity contribution in [1.82, 2.24) is 4.37 Å². The molecule has 0 amide bonds. The third kappa shape index (κ3) is 3.49. The van der Waals surface area contributed by atoms with Crippen LogP contribution < -0.4 is 15.8 Å². The summed E-state index contributed by atoms with van der Waals surface area (Å²) in [5.74, 6) is 1.15.